The zero-order valence-corrected chi connectivity index (χ0v) is 5.95. The molecule has 0 aromatic carbocycles. The summed E-state index contributed by atoms with van der Waals surface area (Å²) in [6, 6.07) is 0. The Bertz CT molecular complexity index is 161. The summed E-state index contributed by atoms with van der Waals surface area (Å²) in [7, 11) is 0. The van der Waals surface area contributed by atoms with E-state index in [-0.39, 0.29) is 0 Å². The molecule has 0 radical (unpaired) electrons. The summed E-state index contributed by atoms with van der Waals surface area (Å²) in [4.78, 5) is 0. The molecule has 2 atom stereocenters. The summed E-state index contributed by atoms with van der Waals surface area (Å²) in [5, 5.41) is 2.98. The first-order chi connectivity index (χ1) is 4.61. The Morgan fingerprint density at radius 1 is 1.50 bits per heavy atom. The third-order valence-corrected chi connectivity index (χ3v) is 3.14. The number of hydrogen-bond donors (Lipinski definition) is 1. The Hall–Kier alpha value is -0.180. The van der Waals surface area contributed by atoms with Crippen LogP contribution in [0.25, 0.3) is 0 Å². The fraction of sp³-hybridized carbons (Fsp3) is 1.00. The Kier molecular flexibility index (Phi) is 0.994. The number of alkyl halides is 2. The highest BCUT2D eigenvalue weighted by Crippen LogP contribution is 2.68. The molecule has 2 rings (SSSR count). The predicted octanol–water partition coefficient (Wildman–Crippen LogP) is 1.25. The van der Waals surface area contributed by atoms with E-state index in [9.17, 15) is 8.78 Å². The molecule has 1 aliphatic heterocycles. The third kappa shape index (κ3) is 0.470. The molecule has 2 fully saturated rings. The smallest absolute Gasteiger partial charge is 0.258 e. The minimum atomic E-state index is -2.38. The Labute approximate surface area is 58.8 Å². The first-order valence-electron chi connectivity index (χ1n) is 3.70. The second-order valence-electron chi connectivity index (χ2n) is 3.43. The molecule has 1 spiro atoms. The van der Waals surface area contributed by atoms with Gasteiger partial charge in [0.05, 0.1) is 5.41 Å². The molecular weight excluding hydrogens is 136 g/mol. The Morgan fingerprint density at radius 2 is 2.10 bits per heavy atom. The lowest BCUT2D eigenvalue weighted by Crippen LogP contribution is -2.15. The topological polar surface area (TPSA) is 12.0 Å². The highest BCUT2D eigenvalue weighted by Gasteiger charge is 2.78. The second kappa shape index (κ2) is 1.52. The van der Waals surface area contributed by atoms with Gasteiger partial charge in [0.1, 0.15) is 0 Å². The maximum absolute atomic E-state index is 12.8. The minimum Gasteiger partial charge on any atom is -0.316 e. The van der Waals surface area contributed by atoms with Gasteiger partial charge in [-0.3, -0.25) is 0 Å². The van der Waals surface area contributed by atoms with E-state index in [2.05, 4.69) is 5.32 Å². The molecule has 1 heterocycles. The maximum atomic E-state index is 12.8. The summed E-state index contributed by atoms with van der Waals surface area (Å²) in [5.74, 6) is -2.77. The maximum Gasteiger partial charge on any atom is 0.258 e. The van der Waals surface area contributed by atoms with Gasteiger partial charge in [0.15, 0.2) is 0 Å². The minimum absolute atomic E-state index is 0.394. The van der Waals surface area contributed by atoms with Gasteiger partial charge in [-0.1, -0.05) is 6.92 Å². The highest BCUT2D eigenvalue weighted by molar-refractivity contribution is 5.19. The van der Waals surface area contributed by atoms with Gasteiger partial charge in [0.2, 0.25) is 0 Å². The fourth-order valence-corrected chi connectivity index (χ4v) is 2.07. The van der Waals surface area contributed by atoms with Crippen molar-refractivity contribution in [1.82, 2.24) is 5.32 Å². The highest BCUT2D eigenvalue weighted by atomic mass is 19.3. The molecule has 1 saturated carbocycles. The van der Waals surface area contributed by atoms with Crippen molar-refractivity contribution in [3.05, 3.63) is 0 Å². The summed E-state index contributed by atoms with van der Waals surface area (Å²) in [6.07, 6.45) is 0.654. The van der Waals surface area contributed by atoms with E-state index in [1.165, 1.54) is 0 Å². The van der Waals surface area contributed by atoms with Crippen LogP contribution in [0.15, 0.2) is 0 Å². The molecule has 0 aromatic rings. The lowest BCUT2D eigenvalue weighted by molar-refractivity contribution is 0.0636. The van der Waals surface area contributed by atoms with Crippen LogP contribution >= 0.6 is 0 Å². The second-order valence-corrected chi connectivity index (χ2v) is 3.43. The molecule has 3 heteroatoms. The van der Waals surface area contributed by atoms with Crippen LogP contribution in [-0.2, 0) is 0 Å². The molecule has 1 nitrogen and oxygen atoms in total. The molecule has 1 aliphatic carbocycles. The summed E-state index contributed by atoms with van der Waals surface area (Å²) in [6.45, 7) is 2.92. The average Bonchev–Trinajstić information content (AvgIpc) is 2.43. The molecule has 0 bridgehead atoms. The van der Waals surface area contributed by atoms with Gasteiger partial charge in [-0.15, -0.1) is 0 Å². The average molecular weight is 147 g/mol. The monoisotopic (exact) mass is 147 g/mol. The van der Waals surface area contributed by atoms with Gasteiger partial charge >= 0.3 is 0 Å². The number of hydrogen-bond acceptors (Lipinski definition) is 1. The molecule has 0 aromatic heterocycles. The summed E-state index contributed by atoms with van der Waals surface area (Å²) in [5.41, 5.74) is -0.646. The number of halogens is 2. The summed E-state index contributed by atoms with van der Waals surface area (Å²) >= 11 is 0. The Balaban J connectivity index is 2.20. The van der Waals surface area contributed by atoms with E-state index < -0.39 is 17.3 Å². The van der Waals surface area contributed by atoms with E-state index >= 15 is 0 Å². The van der Waals surface area contributed by atoms with E-state index in [0.29, 0.717) is 13.0 Å². The lowest BCUT2D eigenvalue weighted by atomic mass is 10.0. The van der Waals surface area contributed by atoms with Gasteiger partial charge in [0.25, 0.3) is 5.92 Å². The van der Waals surface area contributed by atoms with Gasteiger partial charge in [-0.05, 0) is 13.0 Å². The normalized spacial score (nSPS) is 50.1. The van der Waals surface area contributed by atoms with Crippen LogP contribution < -0.4 is 5.32 Å². The molecule has 2 aliphatic rings. The molecule has 1 saturated heterocycles. The SMILES string of the molecule is CC1C(F)(F)C12CCNC2. The van der Waals surface area contributed by atoms with E-state index in [0.717, 1.165) is 6.54 Å². The largest absolute Gasteiger partial charge is 0.316 e. The molecule has 2 unspecified atom stereocenters. The van der Waals surface area contributed by atoms with Gasteiger partial charge < -0.3 is 5.32 Å². The third-order valence-electron chi connectivity index (χ3n) is 3.14. The molecule has 0 amide bonds. The molecular formula is C7H11F2N. The van der Waals surface area contributed by atoms with Crippen LogP contribution in [0.4, 0.5) is 8.78 Å². The first-order valence-corrected chi connectivity index (χ1v) is 3.70. The van der Waals surface area contributed by atoms with Crippen LogP contribution in [-0.4, -0.2) is 19.0 Å². The molecule has 1 N–H and O–H groups in total. The van der Waals surface area contributed by atoms with Crippen molar-refractivity contribution in [3.63, 3.8) is 0 Å². The van der Waals surface area contributed by atoms with E-state index in [1.807, 2.05) is 0 Å². The van der Waals surface area contributed by atoms with Crippen LogP contribution in [0.5, 0.6) is 0 Å². The van der Waals surface area contributed by atoms with Crippen molar-refractivity contribution in [3.8, 4) is 0 Å². The van der Waals surface area contributed by atoms with Crippen molar-refractivity contribution in [2.45, 2.75) is 19.3 Å². The predicted molar refractivity (Wildman–Crippen MR) is 34.0 cm³/mol. The van der Waals surface area contributed by atoms with Crippen molar-refractivity contribution < 1.29 is 8.78 Å². The van der Waals surface area contributed by atoms with Crippen LogP contribution in [0.3, 0.4) is 0 Å². The van der Waals surface area contributed by atoms with Crippen molar-refractivity contribution in [1.29, 1.82) is 0 Å². The van der Waals surface area contributed by atoms with Crippen LogP contribution in [0.1, 0.15) is 13.3 Å². The Morgan fingerprint density at radius 3 is 2.30 bits per heavy atom. The first kappa shape index (κ1) is 6.53. The fourth-order valence-electron chi connectivity index (χ4n) is 2.07. The molecule has 58 valence electrons. The van der Waals surface area contributed by atoms with Crippen molar-refractivity contribution >= 4 is 0 Å². The summed E-state index contributed by atoms with van der Waals surface area (Å²) < 4.78 is 25.7. The number of rotatable bonds is 0. The van der Waals surface area contributed by atoms with Crippen molar-refractivity contribution in [2.75, 3.05) is 13.1 Å². The standard InChI is InChI=1S/C7H11F2N/c1-5-6(7(5,8)9)2-3-10-4-6/h5,10H,2-4H2,1H3. The quantitative estimate of drug-likeness (QED) is 0.543. The van der Waals surface area contributed by atoms with Crippen molar-refractivity contribution in [2.24, 2.45) is 11.3 Å². The van der Waals surface area contributed by atoms with Gasteiger partial charge in [-0.2, -0.15) is 0 Å². The molecule has 10 heavy (non-hydrogen) atoms. The zero-order chi connectivity index (χ0) is 7.41. The van der Waals surface area contributed by atoms with Crippen LogP contribution in [0.2, 0.25) is 0 Å². The van der Waals surface area contributed by atoms with E-state index in [4.69, 9.17) is 0 Å². The van der Waals surface area contributed by atoms with E-state index in [1.54, 1.807) is 6.92 Å². The number of nitrogens with one attached hydrogen (secondary N) is 1. The lowest BCUT2D eigenvalue weighted by Gasteiger charge is -2.02. The zero-order valence-electron chi connectivity index (χ0n) is 5.95. The van der Waals surface area contributed by atoms with Gasteiger partial charge in [0, 0.05) is 12.5 Å². The van der Waals surface area contributed by atoms with Gasteiger partial charge in [-0.25, -0.2) is 8.78 Å². The van der Waals surface area contributed by atoms with Crippen LogP contribution in [0, 0.1) is 11.3 Å².